The molecule has 1 aliphatic carbocycles. The Morgan fingerprint density at radius 2 is 2.17 bits per heavy atom. The molecule has 1 aromatic heterocycles. The Hall–Kier alpha value is -1.08. The Labute approximate surface area is 145 Å². The van der Waals surface area contributed by atoms with Crippen LogP contribution in [0, 0.1) is 0 Å². The zero-order chi connectivity index (χ0) is 16.2. The van der Waals surface area contributed by atoms with Gasteiger partial charge in [-0.05, 0) is 24.5 Å². The number of halogens is 1. The number of ether oxygens (including phenoxy) is 1. The smallest absolute Gasteiger partial charge is 0.191 e. The maximum Gasteiger partial charge on any atom is 0.191 e. The molecule has 0 saturated heterocycles. The molecule has 124 valence electrons. The van der Waals surface area contributed by atoms with Crippen LogP contribution in [-0.2, 0) is 18.4 Å². The molecule has 7 heteroatoms. The van der Waals surface area contributed by atoms with Crippen molar-refractivity contribution in [2.24, 2.45) is 7.05 Å². The van der Waals surface area contributed by atoms with E-state index in [4.69, 9.17) is 16.3 Å². The number of aliphatic hydroxyl groups is 1. The quantitative estimate of drug-likeness (QED) is 0.739. The molecule has 1 aromatic carbocycles. The molecule has 0 unspecified atom stereocenters. The van der Waals surface area contributed by atoms with Gasteiger partial charge in [0, 0.05) is 23.7 Å². The summed E-state index contributed by atoms with van der Waals surface area (Å²) in [6, 6.07) is 7.55. The van der Waals surface area contributed by atoms with Gasteiger partial charge in [-0.1, -0.05) is 41.6 Å². The molecule has 1 fully saturated rings. The number of hydrogen-bond acceptors (Lipinski definition) is 5. The summed E-state index contributed by atoms with van der Waals surface area (Å²) in [5.74, 6) is 2.15. The number of benzene rings is 1. The van der Waals surface area contributed by atoms with E-state index in [0.29, 0.717) is 23.3 Å². The molecule has 1 heterocycles. The van der Waals surface area contributed by atoms with Gasteiger partial charge in [0.2, 0.25) is 0 Å². The van der Waals surface area contributed by atoms with E-state index in [1.165, 1.54) is 24.6 Å². The monoisotopic (exact) mass is 353 g/mol. The molecule has 1 N–H and O–H groups in total. The number of hydrogen-bond donors (Lipinski definition) is 1. The predicted octanol–water partition coefficient (Wildman–Crippen LogP) is 3.02. The summed E-state index contributed by atoms with van der Waals surface area (Å²) in [4.78, 5) is 0. The average molecular weight is 354 g/mol. The van der Waals surface area contributed by atoms with Gasteiger partial charge in [0.25, 0.3) is 0 Å². The van der Waals surface area contributed by atoms with Crippen molar-refractivity contribution in [2.45, 2.75) is 36.6 Å². The van der Waals surface area contributed by atoms with Crippen LogP contribution in [0.5, 0.6) is 0 Å². The molecule has 0 bridgehead atoms. The van der Waals surface area contributed by atoms with E-state index in [0.717, 1.165) is 16.5 Å². The van der Waals surface area contributed by atoms with Crippen LogP contribution in [0.1, 0.15) is 30.1 Å². The lowest BCUT2D eigenvalue weighted by Crippen LogP contribution is -2.18. The van der Waals surface area contributed by atoms with Crippen LogP contribution in [0.4, 0.5) is 0 Å². The van der Waals surface area contributed by atoms with Gasteiger partial charge in [-0.3, -0.25) is 0 Å². The first-order valence-corrected chi connectivity index (χ1v) is 9.03. The van der Waals surface area contributed by atoms with Gasteiger partial charge in [0.05, 0.1) is 19.3 Å². The van der Waals surface area contributed by atoms with Gasteiger partial charge >= 0.3 is 0 Å². The third-order valence-corrected chi connectivity index (χ3v) is 5.28. The number of rotatable bonds is 8. The zero-order valence-electron chi connectivity index (χ0n) is 13.0. The summed E-state index contributed by atoms with van der Waals surface area (Å²) in [6.45, 7) is 0.669. The van der Waals surface area contributed by atoms with Crippen molar-refractivity contribution in [3.05, 3.63) is 40.7 Å². The predicted molar refractivity (Wildman–Crippen MR) is 90.8 cm³/mol. The Bertz CT molecular complexity index is 661. The maximum absolute atomic E-state index is 10.0. The van der Waals surface area contributed by atoms with Crippen LogP contribution in [0.2, 0.25) is 5.02 Å². The van der Waals surface area contributed by atoms with Crippen LogP contribution in [0.25, 0.3) is 0 Å². The number of nitrogens with zero attached hydrogens (tertiary/aromatic N) is 3. The first-order valence-electron chi connectivity index (χ1n) is 7.66. The number of aromatic nitrogens is 3. The largest absolute Gasteiger partial charge is 0.390 e. The SMILES string of the molecule is Cn1c(SC[C@H](O)COCc2ccccc2Cl)nnc1C1CC1. The normalized spacial score (nSPS) is 15.8. The molecule has 1 aliphatic rings. The highest BCUT2D eigenvalue weighted by molar-refractivity contribution is 7.99. The minimum absolute atomic E-state index is 0.269. The summed E-state index contributed by atoms with van der Waals surface area (Å²) in [7, 11) is 1.98. The molecule has 5 nitrogen and oxygen atoms in total. The van der Waals surface area contributed by atoms with Crippen LogP contribution in [0.15, 0.2) is 29.4 Å². The van der Waals surface area contributed by atoms with Crippen LogP contribution >= 0.6 is 23.4 Å². The summed E-state index contributed by atoms with van der Waals surface area (Å²) < 4.78 is 7.57. The fourth-order valence-corrected chi connectivity index (χ4v) is 3.30. The third kappa shape index (κ3) is 4.47. The van der Waals surface area contributed by atoms with E-state index in [-0.39, 0.29) is 6.61 Å². The van der Waals surface area contributed by atoms with Gasteiger partial charge in [-0.2, -0.15) is 0 Å². The highest BCUT2D eigenvalue weighted by Gasteiger charge is 2.29. The number of aliphatic hydroxyl groups excluding tert-OH is 1. The lowest BCUT2D eigenvalue weighted by molar-refractivity contribution is 0.0398. The highest BCUT2D eigenvalue weighted by atomic mass is 35.5. The molecular formula is C16H20ClN3O2S. The van der Waals surface area contributed by atoms with Crippen molar-refractivity contribution < 1.29 is 9.84 Å². The van der Waals surface area contributed by atoms with Gasteiger partial charge in [-0.15, -0.1) is 10.2 Å². The first kappa shape index (κ1) is 16.8. The maximum atomic E-state index is 10.0. The molecule has 1 saturated carbocycles. The van der Waals surface area contributed by atoms with E-state index < -0.39 is 6.10 Å². The summed E-state index contributed by atoms with van der Waals surface area (Å²) in [6.07, 6.45) is 1.85. The highest BCUT2D eigenvalue weighted by Crippen LogP contribution is 2.39. The average Bonchev–Trinajstić information content (AvgIpc) is 3.31. The van der Waals surface area contributed by atoms with Gasteiger partial charge < -0.3 is 14.4 Å². The van der Waals surface area contributed by atoms with Crippen LogP contribution in [-0.4, -0.2) is 38.3 Å². The van der Waals surface area contributed by atoms with E-state index in [2.05, 4.69) is 10.2 Å². The second kappa shape index (κ2) is 7.66. The van der Waals surface area contributed by atoms with E-state index in [1.807, 2.05) is 35.9 Å². The second-order valence-corrected chi connectivity index (χ2v) is 7.14. The van der Waals surface area contributed by atoms with Gasteiger partial charge in [0.15, 0.2) is 5.16 Å². The Kier molecular flexibility index (Phi) is 5.58. The molecule has 0 spiro atoms. The van der Waals surface area contributed by atoms with Crippen molar-refractivity contribution >= 4 is 23.4 Å². The Balaban J connectivity index is 1.41. The van der Waals surface area contributed by atoms with Crippen molar-refractivity contribution in [3.63, 3.8) is 0 Å². The molecule has 1 atom stereocenters. The minimum atomic E-state index is -0.552. The second-order valence-electron chi connectivity index (χ2n) is 5.75. The molecule has 0 amide bonds. The van der Waals surface area contributed by atoms with E-state index >= 15 is 0 Å². The number of thioether (sulfide) groups is 1. The van der Waals surface area contributed by atoms with E-state index in [9.17, 15) is 5.11 Å². The third-order valence-electron chi connectivity index (χ3n) is 3.74. The fraction of sp³-hybridized carbons (Fsp3) is 0.500. The minimum Gasteiger partial charge on any atom is -0.390 e. The Morgan fingerprint density at radius 1 is 1.39 bits per heavy atom. The molecule has 3 rings (SSSR count). The summed E-state index contributed by atoms with van der Waals surface area (Å²) in [5.41, 5.74) is 0.927. The van der Waals surface area contributed by atoms with Crippen LogP contribution in [0.3, 0.4) is 0 Å². The van der Waals surface area contributed by atoms with E-state index in [1.54, 1.807) is 0 Å². The van der Waals surface area contributed by atoms with Crippen molar-refractivity contribution in [2.75, 3.05) is 12.4 Å². The van der Waals surface area contributed by atoms with Crippen molar-refractivity contribution in [1.82, 2.24) is 14.8 Å². The standard InChI is InChI=1S/C16H20ClN3O2S/c1-20-15(11-6-7-11)18-19-16(20)23-10-13(21)9-22-8-12-4-2-3-5-14(12)17/h2-5,11,13,21H,6-10H2,1H3/t13-/m1/s1. The molecular weight excluding hydrogens is 334 g/mol. The lowest BCUT2D eigenvalue weighted by Gasteiger charge is -2.11. The van der Waals surface area contributed by atoms with Gasteiger partial charge in [0.1, 0.15) is 5.82 Å². The first-order chi connectivity index (χ1) is 11.1. The van der Waals surface area contributed by atoms with Gasteiger partial charge in [-0.25, -0.2) is 0 Å². The van der Waals surface area contributed by atoms with Crippen molar-refractivity contribution in [3.8, 4) is 0 Å². The lowest BCUT2D eigenvalue weighted by atomic mass is 10.2. The summed E-state index contributed by atoms with van der Waals surface area (Å²) in [5, 5.41) is 20.0. The molecule has 0 radical (unpaired) electrons. The molecule has 0 aliphatic heterocycles. The molecule has 2 aromatic rings. The fourth-order valence-electron chi connectivity index (χ4n) is 2.29. The topological polar surface area (TPSA) is 60.2 Å². The van der Waals surface area contributed by atoms with Crippen molar-refractivity contribution in [1.29, 1.82) is 0 Å². The van der Waals surface area contributed by atoms with Crippen LogP contribution < -0.4 is 0 Å². The molecule has 23 heavy (non-hydrogen) atoms. The summed E-state index contributed by atoms with van der Waals surface area (Å²) >= 11 is 7.57. The zero-order valence-corrected chi connectivity index (χ0v) is 14.6. The Morgan fingerprint density at radius 3 is 2.91 bits per heavy atom.